The third-order valence-electron chi connectivity index (χ3n) is 4.47. The zero-order valence-electron chi connectivity index (χ0n) is 17.7. The fraction of sp³-hybridized carbons (Fsp3) is 0.0833. The summed E-state index contributed by atoms with van der Waals surface area (Å²) in [6, 6.07) is 19.9. The van der Waals surface area contributed by atoms with E-state index in [-0.39, 0.29) is 13.1 Å². The van der Waals surface area contributed by atoms with Crippen LogP contribution in [0.25, 0.3) is 0 Å². The third-order valence-corrected chi connectivity index (χ3v) is 4.95. The highest BCUT2D eigenvalue weighted by atomic mass is 35.5. The van der Waals surface area contributed by atoms with Crippen molar-refractivity contribution in [2.45, 2.75) is 13.1 Å². The summed E-state index contributed by atoms with van der Waals surface area (Å²) >= 11 is 11.7. The van der Waals surface area contributed by atoms with Crippen LogP contribution in [0.1, 0.15) is 11.1 Å². The second-order valence-electron chi connectivity index (χ2n) is 7.11. The zero-order chi connectivity index (χ0) is 24.5. The summed E-state index contributed by atoms with van der Waals surface area (Å²) in [4.78, 5) is 48.3. The number of anilines is 2. The van der Waals surface area contributed by atoms with Gasteiger partial charge in [0, 0.05) is 34.5 Å². The molecule has 3 aromatic carbocycles. The molecule has 0 heterocycles. The second-order valence-corrected chi connectivity index (χ2v) is 7.99. The minimum Gasteiger partial charge on any atom is -0.344 e. The largest absolute Gasteiger partial charge is 0.344 e. The number of benzene rings is 3. The van der Waals surface area contributed by atoms with Crippen molar-refractivity contribution in [2.75, 3.05) is 10.6 Å². The minimum atomic E-state index is -0.823. The lowest BCUT2D eigenvalue weighted by Crippen LogP contribution is -2.35. The maximum absolute atomic E-state index is 12.1. The van der Waals surface area contributed by atoms with E-state index in [2.05, 4.69) is 21.3 Å². The first-order chi connectivity index (χ1) is 16.3. The van der Waals surface area contributed by atoms with E-state index >= 15 is 0 Å². The first kappa shape index (κ1) is 24.8. The molecule has 8 nitrogen and oxygen atoms in total. The summed E-state index contributed by atoms with van der Waals surface area (Å²) < 4.78 is 0. The quantitative estimate of drug-likeness (QED) is 0.389. The SMILES string of the molecule is O=C(NCc1cccc(CNC(=O)C(=O)Nc2cccc(Cl)c2)c1)C(=O)Nc1cccc(Cl)c1. The summed E-state index contributed by atoms with van der Waals surface area (Å²) in [5, 5.41) is 10.9. The monoisotopic (exact) mass is 498 g/mol. The molecule has 34 heavy (non-hydrogen) atoms. The molecular formula is C24H20Cl2N4O4. The molecule has 3 rings (SSSR count). The standard InChI is InChI=1S/C24H20Cl2N4O4/c25-17-6-2-8-19(11-17)29-23(33)21(31)27-13-15-4-1-5-16(10-15)14-28-22(32)24(34)30-20-9-3-7-18(26)12-20/h1-12H,13-14H2,(H,27,31)(H,28,32)(H,29,33)(H,30,34). The number of carbonyl (C=O) groups excluding carboxylic acids is 4. The summed E-state index contributed by atoms with van der Waals surface area (Å²) in [5.41, 5.74) is 2.23. The lowest BCUT2D eigenvalue weighted by atomic mass is 10.1. The van der Waals surface area contributed by atoms with E-state index in [1.807, 2.05) is 0 Å². The van der Waals surface area contributed by atoms with Gasteiger partial charge in [0.05, 0.1) is 0 Å². The van der Waals surface area contributed by atoms with Crippen molar-refractivity contribution in [2.24, 2.45) is 0 Å². The van der Waals surface area contributed by atoms with Gasteiger partial charge in [-0.05, 0) is 47.5 Å². The average molecular weight is 499 g/mol. The van der Waals surface area contributed by atoms with Crippen molar-refractivity contribution in [1.29, 1.82) is 0 Å². The summed E-state index contributed by atoms with van der Waals surface area (Å²) in [7, 11) is 0. The fourth-order valence-electron chi connectivity index (χ4n) is 2.88. The van der Waals surface area contributed by atoms with Gasteiger partial charge in [0.25, 0.3) is 0 Å². The third kappa shape index (κ3) is 7.61. The molecule has 3 aromatic rings. The van der Waals surface area contributed by atoms with Crippen LogP contribution in [0, 0.1) is 0 Å². The highest BCUT2D eigenvalue weighted by Gasteiger charge is 2.15. The lowest BCUT2D eigenvalue weighted by molar-refractivity contribution is -0.136. The van der Waals surface area contributed by atoms with Crippen LogP contribution in [0.15, 0.2) is 72.8 Å². The number of nitrogens with one attached hydrogen (secondary N) is 4. The van der Waals surface area contributed by atoms with E-state index in [1.165, 1.54) is 12.1 Å². The average Bonchev–Trinajstić information content (AvgIpc) is 2.81. The smallest absolute Gasteiger partial charge is 0.313 e. The molecule has 0 fully saturated rings. The molecule has 0 aliphatic heterocycles. The van der Waals surface area contributed by atoms with Crippen LogP contribution in [0.3, 0.4) is 0 Å². The van der Waals surface area contributed by atoms with Crippen molar-refractivity contribution in [1.82, 2.24) is 10.6 Å². The van der Waals surface area contributed by atoms with Crippen LogP contribution in [-0.2, 0) is 32.3 Å². The lowest BCUT2D eigenvalue weighted by Gasteiger charge is -2.09. The van der Waals surface area contributed by atoms with Gasteiger partial charge in [-0.2, -0.15) is 0 Å². The van der Waals surface area contributed by atoms with E-state index < -0.39 is 23.6 Å². The minimum absolute atomic E-state index is 0.0961. The van der Waals surface area contributed by atoms with Gasteiger partial charge in [0.15, 0.2) is 0 Å². The summed E-state index contributed by atoms with van der Waals surface area (Å²) in [5.74, 6) is -3.26. The van der Waals surface area contributed by atoms with Gasteiger partial charge in [-0.25, -0.2) is 0 Å². The van der Waals surface area contributed by atoms with Crippen LogP contribution >= 0.6 is 23.2 Å². The van der Waals surface area contributed by atoms with E-state index in [1.54, 1.807) is 60.7 Å². The molecule has 0 spiro atoms. The Morgan fingerprint density at radius 3 is 1.38 bits per heavy atom. The van der Waals surface area contributed by atoms with Crippen LogP contribution in [-0.4, -0.2) is 23.6 Å². The number of hydrogen-bond acceptors (Lipinski definition) is 4. The first-order valence-electron chi connectivity index (χ1n) is 10.1. The molecule has 0 atom stereocenters. The highest BCUT2D eigenvalue weighted by Crippen LogP contribution is 2.15. The summed E-state index contributed by atoms with van der Waals surface area (Å²) in [6.07, 6.45) is 0. The molecule has 0 saturated heterocycles. The molecular weight excluding hydrogens is 479 g/mol. The van der Waals surface area contributed by atoms with Crippen molar-refractivity contribution in [3.8, 4) is 0 Å². The van der Waals surface area contributed by atoms with Crippen molar-refractivity contribution in [3.63, 3.8) is 0 Å². The summed E-state index contributed by atoms with van der Waals surface area (Å²) in [6.45, 7) is 0.192. The first-order valence-corrected chi connectivity index (χ1v) is 10.8. The van der Waals surface area contributed by atoms with Crippen molar-refractivity contribution >= 4 is 58.2 Å². The molecule has 0 bridgehead atoms. The number of halogens is 2. The predicted octanol–water partition coefficient (Wildman–Crippen LogP) is 3.50. The van der Waals surface area contributed by atoms with Gasteiger partial charge in [-0.15, -0.1) is 0 Å². The van der Waals surface area contributed by atoms with Gasteiger partial charge < -0.3 is 21.3 Å². The Bertz CT molecular complexity index is 1140. The van der Waals surface area contributed by atoms with Gasteiger partial charge in [0.1, 0.15) is 0 Å². The Morgan fingerprint density at radius 1 is 0.559 bits per heavy atom. The number of hydrogen-bond donors (Lipinski definition) is 4. The Kier molecular flexibility index (Phi) is 8.61. The van der Waals surface area contributed by atoms with Crippen molar-refractivity contribution < 1.29 is 19.2 Å². The van der Waals surface area contributed by atoms with Crippen LogP contribution in [0.4, 0.5) is 11.4 Å². The Labute approximate surface area is 205 Å². The highest BCUT2D eigenvalue weighted by molar-refractivity contribution is 6.40. The Morgan fingerprint density at radius 2 is 0.971 bits per heavy atom. The van der Waals surface area contributed by atoms with E-state index in [0.717, 1.165) is 0 Å². The second kappa shape index (κ2) is 11.8. The normalized spacial score (nSPS) is 10.2. The van der Waals surface area contributed by atoms with Crippen molar-refractivity contribution in [3.05, 3.63) is 94.0 Å². The van der Waals surface area contributed by atoms with E-state index in [4.69, 9.17) is 23.2 Å². The Balaban J connectivity index is 1.47. The molecule has 4 N–H and O–H groups in total. The van der Waals surface area contributed by atoms with Crippen LogP contribution in [0.2, 0.25) is 10.0 Å². The molecule has 0 radical (unpaired) electrons. The molecule has 0 aliphatic rings. The zero-order valence-corrected chi connectivity index (χ0v) is 19.2. The molecule has 0 aliphatic carbocycles. The number of carbonyl (C=O) groups is 4. The molecule has 4 amide bonds. The molecule has 0 saturated carbocycles. The van der Waals surface area contributed by atoms with E-state index in [0.29, 0.717) is 32.5 Å². The van der Waals surface area contributed by atoms with Gasteiger partial charge in [0.2, 0.25) is 0 Å². The molecule has 0 unspecified atom stereocenters. The van der Waals surface area contributed by atoms with Gasteiger partial charge in [-0.3, -0.25) is 19.2 Å². The maximum Gasteiger partial charge on any atom is 0.313 e. The fourth-order valence-corrected chi connectivity index (χ4v) is 3.26. The van der Waals surface area contributed by atoms with Gasteiger partial charge >= 0.3 is 23.6 Å². The van der Waals surface area contributed by atoms with Crippen LogP contribution < -0.4 is 21.3 Å². The number of rotatable bonds is 6. The van der Waals surface area contributed by atoms with E-state index in [9.17, 15) is 19.2 Å². The Hall–Kier alpha value is -3.88. The molecule has 174 valence electrons. The molecule has 10 heteroatoms. The van der Waals surface area contributed by atoms with Crippen LogP contribution in [0.5, 0.6) is 0 Å². The number of amides is 4. The van der Waals surface area contributed by atoms with Gasteiger partial charge in [-0.1, -0.05) is 59.6 Å². The topological polar surface area (TPSA) is 116 Å². The molecule has 0 aromatic heterocycles. The maximum atomic E-state index is 12.1. The predicted molar refractivity (Wildman–Crippen MR) is 130 cm³/mol.